The van der Waals surface area contributed by atoms with Crippen LogP contribution >= 0.6 is 35.3 Å². The molecule has 1 saturated heterocycles. The zero-order chi connectivity index (χ0) is 19.8. The first-order chi connectivity index (χ1) is 13.6. The first-order valence-corrected chi connectivity index (χ1v) is 10.5. The van der Waals surface area contributed by atoms with Gasteiger partial charge in [-0.05, 0) is 49.5 Å². The summed E-state index contributed by atoms with van der Waals surface area (Å²) in [6.45, 7) is 3.60. The molecule has 2 aromatic heterocycles. The average molecular weight is 531 g/mol. The van der Waals surface area contributed by atoms with E-state index in [1.165, 1.54) is 17.7 Å². The van der Waals surface area contributed by atoms with Crippen molar-refractivity contribution in [2.45, 2.75) is 25.4 Å². The Hall–Kier alpha value is -1.59. The lowest BCUT2D eigenvalue weighted by molar-refractivity contribution is -0.127. The molecule has 7 nitrogen and oxygen atoms in total. The van der Waals surface area contributed by atoms with E-state index >= 15 is 0 Å². The largest absolute Gasteiger partial charge is 0.468 e. The van der Waals surface area contributed by atoms with Gasteiger partial charge in [-0.3, -0.25) is 9.69 Å². The number of likely N-dealkylation sites (tertiary alicyclic amines) is 1. The Morgan fingerprint density at radius 2 is 2.07 bits per heavy atom. The van der Waals surface area contributed by atoms with Crippen LogP contribution in [-0.4, -0.2) is 61.9 Å². The van der Waals surface area contributed by atoms with Gasteiger partial charge in [0.05, 0.1) is 18.8 Å². The van der Waals surface area contributed by atoms with E-state index in [1.54, 1.807) is 36.6 Å². The first kappa shape index (κ1) is 23.7. The molecule has 2 N–H and O–H groups in total. The monoisotopic (exact) mass is 531 g/mol. The standard InChI is InChI=1S/C20H29N5O2S.HI/c1-24(2)19(26)15-23-20(21-13-16-7-6-12-28-16)22-14-17(18-8-5-11-27-18)25-9-3-4-10-25;/h5-8,11-12,17H,3-4,9-10,13-15H2,1-2H3,(H2,21,22,23);1H. The Morgan fingerprint density at radius 3 is 2.69 bits per heavy atom. The van der Waals surface area contributed by atoms with Gasteiger partial charge in [0.2, 0.25) is 5.91 Å². The van der Waals surface area contributed by atoms with E-state index < -0.39 is 0 Å². The van der Waals surface area contributed by atoms with E-state index in [4.69, 9.17) is 4.42 Å². The van der Waals surface area contributed by atoms with Crippen LogP contribution in [0, 0.1) is 0 Å². The second-order valence-electron chi connectivity index (χ2n) is 7.04. The third-order valence-corrected chi connectivity index (χ3v) is 5.67. The number of halogens is 1. The smallest absolute Gasteiger partial charge is 0.243 e. The van der Waals surface area contributed by atoms with Gasteiger partial charge in [0.25, 0.3) is 0 Å². The number of thiophene rings is 1. The van der Waals surface area contributed by atoms with E-state index in [1.807, 2.05) is 18.2 Å². The molecule has 1 unspecified atom stereocenters. The number of carbonyl (C=O) groups excluding carboxylic acids is 1. The molecule has 1 fully saturated rings. The van der Waals surface area contributed by atoms with Gasteiger partial charge >= 0.3 is 0 Å². The Balaban J connectivity index is 0.00000300. The highest BCUT2D eigenvalue weighted by molar-refractivity contribution is 14.0. The SMILES string of the molecule is CN(C)C(=O)CN=C(NCc1cccs1)NCC(c1ccco1)N1CCCC1.I. The Labute approximate surface area is 193 Å². The second kappa shape index (κ2) is 12.2. The number of carbonyl (C=O) groups is 1. The minimum Gasteiger partial charge on any atom is -0.468 e. The van der Waals surface area contributed by atoms with Crippen LogP contribution in [0.15, 0.2) is 45.3 Å². The minimum atomic E-state index is -0.0284. The van der Waals surface area contributed by atoms with Crippen molar-refractivity contribution in [2.24, 2.45) is 4.99 Å². The summed E-state index contributed by atoms with van der Waals surface area (Å²) in [4.78, 5) is 21.6. The summed E-state index contributed by atoms with van der Waals surface area (Å²) in [5, 5.41) is 8.80. The van der Waals surface area contributed by atoms with Crippen LogP contribution in [0.25, 0.3) is 0 Å². The van der Waals surface area contributed by atoms with Crippen LogP contribution in [0.4, 0.5) is 0 Å². The first-order valence-electron chi connectivity index (χ1n) is 9.65. The summed E-state index contributed by atoms with van der Waals surface area (Å²) in [6, 6.07) is 8.21. The molecule has 0 aromatic carbocycles. The molecule has 3 heterocycles. The fourth-order valence-electron chi connectivity index (χ4n) is 3.18. The maximum absolute atomic E-state index is 12.0. The molecular weight excluding hydrogens is 501 g/mol. The number of amides is 1. The van der Waals surface area contributed by atoms with Gasteiger partial charge in [-0.15, -0.1) is 35.3 Å². The molecule has 29 heavy (non-hydrogen) atoms. The molecule has 2 aromatic rings. The van der Waals surface area contributed by atoms with Crippen LogP contribution < -0.4 is 10.6 Å². The van der Waals surface area contributed by atoms with Gasteiger partial charge in [-0.25, -0.2) is 4.99 Å². The number of rotatable bonds is 8. The molecule has 0 bridgehead atoms. The maximum atomic E-state index is 12.0. The quantitative estimate of drug-likeness (QED) is 0.312. The molecule has 9 heteroatoms. The summed E-state index contributed by atoms with van der Waals surface area (Å²) >= 11 is 1.69. The highest BCUT2D eigenvalue weighted by atomic mass is 127. The van der Waals surface area contributed by atoms with Gasteiger partial charge in [-0.2, -0.15) is 0 Å². The predicted molar refractivity (Wildman–Crippen MR) is 128 cm³/mol. The summed E-state index contributed by atoms with van der Waals surface area (Å²) < 4.78 is 5.69. The minimum absolute atomic E-state index is 0. The lowest BCUT2D eigenvalue weighted by atomic mass is 10.2. The van der Waals surface area contributed by atoms with E-state index in [-0.39, 0.29) is 42.5 Å². The highest BCUT2D eigenvalue weighted by Gasteiger charge is 2.25. The molecule has 3 rings (SSSR count). The number of hydrogen-bond donors (Lipinski definition) is 2. The number of likely N-dealkylation sites (N-methyl/N-ethyl adjacent to an activating group) is 1. The van der Waals surface area contributed by atoms with Crippen LogP contribution in [-0.2, 0) is 11.3 Å². The lowest BCUT2D eigenvalue weighted by Crippen LogP contribution is -2.43. The Bertz CT molecular complexity index is 743. The van der Waals surface area contributed by atoms with Crippen molar-refractivity contribution >= 4 is 47.2 Å². The molecule has 0 spiro atoms. The third-order valence-electron chi connectivity index (χ3n) is 4.80. The Morgan fingerprint density at radius 1 is 1.28 bits per heavy atom. The van der Waals surface area contributed by atoms with Crippen LogP contribution in [0.5, 0.6) is 0 Å². The number of furan rings is 1. The summed E-state index contributed by atoms with van der Waals surface area (Å²) in [5.74, 6) is 1.56. The highest BCUT2D eigenvalue weighted by Crippen LogP contribution is 2.24. The molecule has 0 aliphatic carbocycles. The van der Waals surface area contributed by atoms with Crippen LogP contribution in [0.3, 0.4) is 0 Å². The summed E-state index contributed by atoms with van der Waals surface area (Å²) in [6.07, 6.45) is 4.15. The number of hydrogen-bond acceptors (Lipinski definition) is 5. The Kier molecular flexibility index (Phi) is 9.95. The van der Waals surface area contributed by atoms with Crippen molar-refractivity contribution < 1.29 is 9.21 Å². The van der Waals surface area contributed by atoms with Crippen molar-refractivity contribution in [2.75, 3.05) is 40.3 Å². The predicted octanol–water partition coefficient (Wildman–Crippen LogP) is 2.92. The number of aliphatic imine (C=N–C) groups is 1. The summed E-state index contributed by atoms with van der Waals surface area (Å²) in [7, 11) is 3.48. The number of nitrogens with one attached hydrogen (secondary N) is 2. The average Bonchev–Trinajstić information content (AvgIpc) is 3.46. The molecule has 0 radical (unpaired) electrons. The third kappa shape index (κ3) is 7.31. The normalized spacial score (nSPS) is 15.6. The van der Waals surface area contributed by atoms with Gasteiger partial charge < -0.3 is 20.0 Å². The lowest BCUT2D eigenvalue weighted by Gasteiger charge is -2.26. The van der Waals surface area contributed by atoms with Crippen LogP contribution in [0.2, 0.25) is 0 Å². The van der Waals surface area contributed by atoms with Crippen molar-refractivity contribution in [3.63, 3.8) is 0 Å². The topological polar surface area (TPSA) is 73.1 Å². The molecule has 0 saturated carbocycles. The zero-order valence-electron chi connectivity index (χ0n) is 17.0. The molecule has 1 atom stereocenters. The van der Waals surface area contributed by atoms with Crippen LogP contribution in [0.1, 0.15) is 29.5 Å². The van der Waals surface area contributed by atoms with Gasteiger partial charge in [0, 0.05) is 25.5 Å². The van der Waals surface area contributed by atoms with E-state index in [0.717, 1.165) is 18.8 Å². The van der Waals surface area contributed by atoms with E-state index in [0.29, 0.717) is 19.0 Å². The van der Waals surface area contributed by atoms with Crippen molar-refractivity contribution in [1.82, 2.24) is 20.4 Å². The summed E-state index contributed by atoms with van der Waals surface area (Å²) in [5.41, 5.74) is 0. The van der Waals surface area contributed by atoms with E-state index in [2.05, 4.69) is 32.0 Å². The second-order valence-corrected chi connectivity index (χ2v) is 8.07. The fraction of sp³-hybridized carbons (Fsp3) is 0.500. The van der Waals surface area contributed by atoms with Crippen molar-refractivity contribution in [3.05, 3.63) is 46.5 Å². The number of nitrogens with zero attached hydrogens (tertiary/aromatic N) is 3. The molecular formula is C20H30IN5O2S. The fourth-order valence-corrected chi connectivity index (χ4v) is 3.83. The van der Waals surface area contributed by atoms with Gasteiger partial charge in [-0.1, -0.05) is 6.07 Å². The van der Waals surface area contributed by atoms with E-state index in [9.17, 15) is 4.79 Å². The zero-order valence-corrected chi connectivity index (χ0v) is 20.1. The number of guanidine groups is 1. The molecule has 1 amide bonds. The van der Waals surface area contributed by atoms with Gasteiger partial charge in [0.1, 0.15) is 12.3 Å². The molecule has 1 aliphatic rings. The maximum Gasteiger partial charge on any atom is 0.243 e. The van der Waals surface area contributed by atoms with Crippen molar-refractivity contribution in [1.29, 1.82) is 0 Å². The molecule has 160 valence electrons. The van der Waals surface area contributed by atoms with Gasteiger partial charge in [0.15, 0.2) is 5.96 Å². The van der Waals surface area contributed by atoms with Crippen molar-refractivity contribution in [3.8, 4) is 0 Å². The molecule has 1 aliphatic heterocycles.